The molecule has 14 heteroatoms. The van der Waals surface area contributed by atoms with Gasteiger partial charge < -0.3 is 24.4 Å². The number of carbonyl (C=O) groups excluding carboxylic acids is 4. The first-order chi connectivity index (χ1) is 26.5. The first-order valence-corrected chi connectivity index (χ1v) is 21.8. The van der Waals surface area contributed by atoms with Gasteiger partial charge in [0, 0.05) is 42.1 Å². The van der Waals surface area contributed by atoms with E-state index in [1.165, 1.54) is 11.3 Å². The zero-order valence-corrected chi connectivity index (χ0v) is 33.1. The molecule has 12 nitrogen and oxygen atoms in total. The number of pyridine rings is 1. The van der Waals surface area contributed by atoms with Crippen LogP contribution in [0.4, 0.5) is 0 Å². The van der Waals surface area contributed by atoms with E-state index in [-0.39, 0.29) is 41.9 Å². The fraction of sp³-hybridized carbons (Fsp3) is 0.439. The number of thiophene rings is 1. The van der Waals surface area contributed by atoms with Crippen LogP contribution in [-0.4, -0.2) is 81.8 Å². The summed E-state index contributed by atoms with van der Waals surface area (Å²) in [5.41, 5.74) is 1.80. The summed E-state index contributed by atoms with van der Waals surface area (Å²) in [6.45, 7) is 6.55. The molecule has 290 valence electrons. The summed E-state index contributed by atoms with van der Waals surface area (Å²) in [7, 11) is -3.69. The van der Waals surface area contributed by atoms with Crippen LogP contribution in [0.2, 0.25) is 0 Å². The zero-order valence-electron chi connectivity index (χ0n) is 31.4. The maximum atomic E-state index is 14.4. The zero-order chi connectivity index (χ0) is 38.7. The van der Waals surface area contributed by atoms with Gasteiger partial charge in [-0.2, -0.15) is 0 Å². The lowest BCUT2D eigenvalue weighted by atomic mass is 9.92. The summed E-state index contributed by atoms with van der Waals surface area (Å²) in [4.78, 5) is 62.5. The lowest BCUT2D eigenvalue weighted by Crippen LogP contribution is -2.58. The van der Waals surface area contributed by atoms with Gasteiger partial charge in [-0.25, -0.2) is 5.09 Å². The van der Waals surface area contributed by atoms with Crippen LogP contribution in [-0.2, 0) is 29.8 Å². The molecule has 55 heavy (non-hydrogen) atoms. The van der Waals surface area contributed by atoms with Crippen LogP contribution in [0.15, 0.2) is 79.1 Å². The van der Waals surface area contributed by atoms with Crippen molar-refractivity contribution in [3.63, 3.8) is 0 Å². The van der Waals surface area contributed by atoms with Crippen LogP contribution < -0.4 is 14.9 Å². The number of aromatic nitrogens is 1. The average Bonchev–Trinajstić information content (AvgIpc) is 3.75. The number of hydrogen-bond acceptors (Lipinski definition) is 9. The second-order valence-corrected chi connectivity index (χ2v) is 18.1. The normalized spacial score (nSPS) is 22.2. The first-order valence-electron chi connectivity index (χ1n) is 19.2. The van der Waals surface area contributed by atoms with Crippen LogP contribution in [0.5, 0.6) is 5.75 Å². The van der Waals surface area contributed by atoms with E-state index < -0.39 is 31.6 Å². The minimum absolute atomic E-state index is 0.00799. The Labute approximate surface area is 325 Å². The van der Waals surface area contributed by atoms with E-state index in [9.17, 15) is 23.7 Å². The number of benzene rings is 2. The van der Waals surface area contributed by atoms with Crippen molar-refractivity contribution in [1.82, 2.24) is 25.2 Å². The molecule has 3 aliphatic rings. The molecule has 5 heterocycles. The van der Waals surface area contributed by atoms with Crippen LogP contribution in [0, 0.1) is 0 Å². The van der Waals surface area contributed by atoms with E-state index in [4.69, 9.17) is 9.26 Å². The van der Waals surface area contributed by atoms with E-state index >= 15 is 0 Å². The summed E-state index contributed by atoms with van der Waals surface area (Å²) in [6.07, 6.45) is 7.42. The van der Waals surface area contributed by atoms with Crippen molar-refractivity contribution in [2.24, 2.45) is 0 Å². The van der Waals surface area contributed by atoms with Crippen molar-refractivity contribution in [3.05, 3.63) is 95.1 Å². The number of rotatable bonds is 13. The fourth-order valence-corrected chi connectivity index (χ4v) is 10.7. The van der Waals surface area contributed by atoms with Crippen molar-refractivity contribution in [3.8, 4) is 5.75 Å². The van der Waals surface area contributed by atoms with Crippen molar-refractivity contribution >= 4 is 52.6 Å². The highest BCUT2D eigenvalue weighted by molar-refractivity contribution is 7.56. The molecule has 3 amide bonds. The Bertz CT molecular complexity index is 2070. The quantitative estimate of drug-likeness (QED) is 0.112. The Morgan fingerprint density at radius 2 is 1.80 bits per heavy atom. The number of likely N-dealkylation sites (tertiary alicyclic amines) is 1. The molecule has 2 aromatic heterocycles. The van der Waals surface area contributed by atoms with Gasteiger partial charge in [-0.1, -0.05) is 37.3 Å². The van der Waals surface area contributed by atoms with E-state index in [0.717, 1.165) is 34.9 Å². The van der Waals surface area contributed by atoms with Crippen LogP contribution in [0.3, 0.4) is 0 Å². The number of esters is 1. The molecule has 6 atom stereocenters. The number of carbonyl (C=O) groups is 4. The summed E-state index contributed by atoms with van der Waals surface area (Å²) in [5, 5.41) is 6.71. The molecule has 3 saturated heterocycles. The molecule has 0 bridgehead atoms. The number of amides is 3. The topological polar surface area (TPSA) is 147 Å². The molecular weight excluding hydrogens is 738 g/mol. The minimum atomic E-state index is -3.69. The van der Waals surface area contributed by atoms with Gasteiger partial charge in [0.15, 0.2) is 0 Å². The van der Waals surface area contributed by atoms with Gasteiger partial charge in [0.05, 0.1) is 17.1 Å². The van der Waals surface area contributed by atoms with Gasteiger partial charge in [-0.3, -0.25) is 28.7 Å². The smallest absolute Gasteiger partial charge is 0.323 e. The highest BCUT2D eigenvalue weighted by Gasteiger charge is 2.47. The summed E-state index contributed by atoms with van der Waals surface area (Å²) in [6, 6.07) is 17.9. The molecular formula is C41H48N5O7PS. The third kappa shape index (κ3) is 8.79. The van der Waals surface area contributed by atoms with E-state index in [2.05, 4.69) is 15.4 Å². The SMILES string of the molecule is CC[C@@H](C)OC(=O)[C@H](C)NP(=O)(Cc1ccc2sc(C(=O)N[C@H]3CCC[C@H]4CC[C@@H](C(=O)N5CC(c6cccnc6)C5)N4C3=O)cc2c1)Oc1ccccc1. The summed E-state index contributed by atoms with van der Waals surface area (Å²) >= 11 is 1.31. The van der Waals surface area contributed by atoms with Gasteiger partial charge in [-0.15, -0.1) is 11.3 Å². The molecule has 2 aromatic carbocycles. The van der Waals surface area contributed by atoms with Crippen molar-refractivity contribution in [1.29, 1.82) is 0 Å². The number of hydrogen-bond donors (Lipinski definition) is 2. The van der Waals surface area contributed by atoms with E-state index in [1.807, 2.05) is 54.4 Å². The van der Waals surface area contributed by atoms with Gasteiger partial charge in [-0.05, 0) is 105 Å². The highest BCUT2D eigenvalue weighted by atomic mass is 32.1. The van der Waals surface area contributed by atoms with Crippen LogP contribution >= 0.6 is 18.9 Å². The third-order valence-electron chi connectivity index (χ3n) is 10.9. The second kappa shape index (κ2) is 16.6. The lowest BCUT2D eigenvalue weighted by Gasteiger charge is -2.42. The van der Waals surface area contributed by atoms with E-state index in [1.54, 1.807) is 55.3 Å². The Hall–Kier alpha value is -4.58. The van der Waals surface area contributed by atoms with Crippen molar-refractivity contribution in [2.75, 3.05) is 13.1 Å². The number of para-hydroxylation sites is 1. The number of nitrogens with zero attached hydrogens (tertiary/aromatic N) is 3. The Balaban J connectivity index is 1.02. The number of nitrogens with one attached hydrogen (secondary N) is 2. The molecule has 2 N–H and O–H groups in total. The minimum Gasteiger partial charge on any atom is -0.462 e. The van der Waals surface area contributed by atoms with Gasteiger partial charge in [0.1, 0.15) is 23.9 Å². The molecule has 0 aliphatic carbocycles. The first kappa shape index (κ1) is 38.7. The molecule has 0 spiro atoms. The maximum Gasteiger partial charge on any atom is 0.323 e. The third-order valence-corrected chi connectivity index (χ3v) is 14.0. The molecule has 3 aliphatic heterocycles. The fourth-order valence-electron chi connectivity index (χ4n) is 7.69. The molecule has 4 aromatic rings. The summed E-state index contributed by atoms with van der Waals surface area (Å²) < 4.78 is 26.7. The predicted molar refractivity (Wildman–Crippen MR) is 211 cm³/mol. The Morgan fingerprint density at radius 1 is 1.00 bits per heavy atom. The largest absolute Gasteiger partial charge is 0.462 e. The molecule has 0 saturated carbocycles. The molecule has 0 radical (unpaired) electrons. The van der Waals surface area contributed by atoms with Crippen molar-refractivity contribution in [2.45, 2.75) is 102 Å². The van der Waals surface area contributed by atoms with E-state index in [0.29, 0.717) is 48.5 Å². The van der Waals surface area contributed by atoms with Crippen LogP contribution in [0.1, 0.15) is 86.0 Å². The average molecular weight is 786 g/mol. The number of ether oxygens (including phenoxy) is 1. The van der Waals surface area contributed by atoms with Gasteiger partial charge >= 0.3 is 13.5 Å². The lowest BCUT2D eigenvalue weighted by molar-refractivity contribution is -0.150. The maximum absolute atomic E-state index is 14.4. The predicted octanol–water partition coefficient (Wildman–Crippen LogP) is 6.66. The Morgan fingerprint density at radius 3 is 2.55 bits per heavy atom. The standard InChI is InChI=1S/C41H48N5O7PS/c1-4-26(2)52-41(50)27(3)44-54(51,53-33-12-6-5-7-13-33)25-28-15-18-36-30(20-28)21-37(55-36)38(47)43-34-14-8-11-32-16-17-35(46(32)39(34)48)40(49)45-23-31(24-45)29-10-9-19-42-22-29/h5-7,9-10,12-13,15,18-22,26-27,31-32,34-35H,4,8,11,14,16-17,23-25H2,1-3H3,(H,43,47)(H,44,51)/t26-,27+,32+,34+,35+,54?/m1/s1. The van der Waals surface area contributed by atoms with Gasteiger partial charge in [0.2, 0.25) is 11.8 Å². The molecule has 7 rings (SSSR count). The van der Waals surface area contributed by atoms with Crippen molar-refractivity contribution < 1.29 is 33.0 Å². The second-order valence-electron chi connectivity index (χ2n) is 14.9. The van der Waals surface area contributed by atoms with Gasteiger partial charge in [0.25, 0.3) is 5.91 Å². The highest BCUT2D eigenvalue weighted by Crippen LogP contribution is 2.47. The molecule has 1 unspecified atom stereocenters. The summed E-state index contributed by atoms with van der Waals surface area (Å²) in [5.74, 6) is -0.430. The Kier molecular flexibility index (Phi) is 11.7. The number of fused-ring (bicyclic) bond motifs is 2. The monoisotopic (exact) mass is 785 g/mol. The molecule has 3 fully saturated rings. The van der Waals surface area contributed by atoms with Crippen LogP contribution in [0.25, 0.3) is 10.1 Å².